The van der Waals surface area contributed by atoms with Gasteiger partial charge in [0.05, 0.1) is 43.5 Å². The molecule has 31 heavy (non-hydrogen) atoms. The standard InChI is InChI=1S/C24H24N2O5/c1-14-17(10-16-6-4-5-7-19(16)25-14)24(29)26-9-8-15-11-21(30-2)22(31-3)12-18(15)20(26)13-23(27)28/h4-7,10-12,20H,8-9,13H2,1-3H3,(H,27,28). The highest BCUT2D eigenvalue weighted by atomic mass is 16.5. The topological polar surface area (TPSA) is 89.0 Å². The summed E-state index contributed by atoms with van der Waals surface area (Å²) < 4.78 is 10.8. The number of carbonyl (C=O) groups is 2. The van der Waals surface area contributed by atoms with E-state index >= 15 is 0 Å². The third-order valence-electron chi connectivity index (χ3n) is 5.78. The second kappa shape index (κ2) is 8.26. The number of carboxylic acids is 1. The van der Waals surface area contributed by atoms with Gasteiger partial charge in [-0.2, -0.15) is 0 Å². The summed E-state index contributed by atoms with van der Waals surface area (Å²) in [7, 11) is 3.10. The molecule has 1 unspecified atom stereocenters. The van der Waals surface area contributed by atoms with Crippen LogP contribution in [0.15, 0.2) is 42.5 Å². The molecule has 0 fully saturated rings. The van der Waals surface area contributed by atoms with Gasteiger partial charge < -0.3 is 19.5 Å². The van der Waals surface area contributed by atoms with Crippen LogP contribution < -0.4 is 9.47 Å². The molecule has 1 aliphatic rings. The average molecular weight is 420 g/mol. The van der Waals surface area contributed by atoms with E-state index in [1.165, 1.54) is 7.11 Å². The lowest BCUT2D eigenvalue weighted by molar-refractivity contribution is -0.138. The van der Waals surface area contributed by atoms with Crippen LogP contribution in [0, 0.1) is 6.92 Å². The van der Waals surface area contributed by atoms with Gasteiger partial charge in [-0.15, -0.1) is 0 Å². The van der Waals surface area contributed by atoms with E-state index in [1.54, 1.807) is 25.0 Å². The summed E-state index contributed by atoms with van der Waals surface area (Å²) in [5.74, 6) is -0.0969. The third-order valence-corrected chi connectivity index (χ3v) is 5.78. The molecule has 0 saturated heterocycles. The number of ether oxygens (including phenoxy) is 2. The van der Waals surface area contributed by atoms with Gasteiger partial charge in [0.15, 0.2) is 11.5 Å². The molecule has 1 aromatic heterocycles. The minimum atomic E-state index is -0.973. The van der Waals surface area contributed by atoms with Crippen molar-refractivity contribution in [2.24, 2.45) is 0 Å². The molecule has 7 nitrogen and oxygen atoms in total. The van der Waals surface area contributed by atoms with Crippen LogP contribution >= 0.6 is 0 Å². The van der Waals surface area contributed by atoms with Crippen molar-refractivity contribution in [2.75, 3.05) is 20.8 Å². The van der Waals surface area contributed by atoms with Gasteiger partial charge in [-0.3, -0.25) is 14.6 Å². The van der Waals surface area contributed by atoms with Crippen LogP contribution in [-0.4, -0.2) is 47.6 Å². The molecule has 1 amide bonds. The Bertz CT molecular complexity index is 1170. The predicted molar refractivity (Wildman–Crippen MR) is 116 cm³/mol. The second-order valence-corrected chi connectivity index (χ2v) is 7.58. The van der Waals surface area contributed by atoms with E-state index in [4.69, 9.17) is 9.47 Å². The van der Waals surface area contributed by atoms with Crippen molar-refractivity contribution in [3.63, 3.8) is 0 Å². The maximum Gasteiger partial charge on any atom is 0.305 e. The van der Waals surface area contributed by atoms with Gasteiger partial charge in [0.25, 0.3) is 5.91 Å². The number of carboxylic acid groups (broad SMARTS) is 1. The lowest BCUT2D eigenvalue weighted by Crippen LogP contribution is -2.41. The summed E-state index contributed by atoms with van der Waals surface area (Å²) in [5, 5.41) is 10.4. The molecule has 0 spiro atoms. The Morgan fingerprint density at radius 1 is 1.13 bits per heavy atom. The normalized spacial score (nSPS) is 15.5. The fraction of sp³-hybridized carbons (Fsp3) is 0.292. The third kappa shape index (κ3) is 3.79. The monoisotopic (exact) mass is 420 g/mol. The van der Waals surface area contributed by atoms with Crippen LogP contribution in [0.1, 0.15) is 39.6 Å². The van der Waals surface area contributed by atoms with Gasteiger partial charge in [-0.05, 0) is 48.7 Å². The van der Waals surface area contributed by atoms with Gasteiger partial charge in [0.2, 0.25) is 0 Å². The Hall–Kier alpha value is -3.61. The molecule has 1 N–H and O–H groups in total. The first-order chi connectivity index (χ1) is 14.9. The first kappa shape index (κ1) is 20.7. The Morgan fingerprint density at radius 3 is 2.55 bits per heavy atom. The summed E-state index contributed by atoms with van der Waals surface area (Å²) in [6, 6.07) is 12.5. The largest absolute Gasteiger partial charge is 0.493 e. The van der Waals surface area contributed by atoms with Crippen molar-refractivity contribution >= 4 is 22.8 Å². The Morgan fingerprint density at radius 2 is 1.84 bits per heavy atom. The number of benzene rings is 2. The Kier molecular flexibility index (Phi) is 5.50. The molecule has 7 heteroatoms. The highest BCUT2D eigenvalue weighted by Crippen LogP contribution is 2.40. The first-order valence-electron chi connectivity index (χ1n) is 10.1. The molecular weight excluding hydrogens is 396 g/mol. The minimum absolute atomic E-state index is 0.200. The molecule has 4 rings (SSSR count). The number of pyridine rings is 1. The van der Waals surface area contributed by atoms with E-state index in [2.05, 4.69) is 4.98 Å². The smallest absolute Gasteiger partial charge is 0.305 e. The number of para-hydroxylation sites is 1. The van der Waals surface area contributed by atoms with Crippen molar-refractivity contribution in [2.45, 2.75) is 25.8 Å². The number of hydrogen-bond donors (Lipinski definition) is 1. The van der Waals surface area contributed by atoms with Crippen LogP contribution in [0.4, 0.5) is 0 Å². The van der Waals surface area contributed by atoms with Crippen LogP contribution in [0.3, 0.4) is 0 Å². The van der Waals surface area contributed by atoms with Crippen molar-refractivity contribution in [1.82, 2.24) is 9.88 Å². The van der Waals surface area contributed by atoms with E-state index in [9.17, 15) is 14.7 Å². The van der Waals surface area contributed by atoms with Crippen LogP contribution in [0.5, 0.6) is 11.5 Å². The Labute approximate surface area is 180 Å². The summed E-state index contributed by atoms with van der Waals surface area (Å²) in [5.41, 5.74) is 3.65. The number of amides is 1. The van der Waals surface area contributed by atoms with Crippen molar-refractivity contribution in [1.29, 1.82) is 0 Å². The van der Waals surface area contributed by atoms with Crippen LogP contribution in [0.2, 0.25) is 0 Å². The molecule has 1 aliphatic heterocycles. The summed E-state index contributed by atoms with van der Waals surface area (Å²) >= 11 is 0. The molecular formula is C24H24N2O5. The van der Waals surface area contributed by atoms with E-state index in [-0.39, 0.29) is 12.3 Å². The number of methoxy groups -OCH3 is 2. The number of rotatable bonds is 5. The highest BCUT2D eigenvalue weighted by molar-refractivity contribution is 5.99. The molecule has 0 bridgehead atoms. The SMILES string of the molecule is COc1cc2c(cc1OC)C(CC(=O)O)N(C(=O)c1cc3ccccc3nc1C)CC2. The number of fused-ring (bicyclic) bond motifs is 2. The first-order valence-corrected chi connectivity index (χ1v) is 10.1. The van der Waals surface area contributed by atoms with Gasteiger partial charge in [0, 0.05) is 11.9 Å². The quantitative estimate of drug-likeness (QED) is 0.676. The highest BCUT2D eigenvalue weighted by Gasteiger charge is 2.34. The lowest BCUT2D eigenvalue weighted by atomic mass is 9.89. The number of hydrogen-bond acceptors (Lipinski definition) is 5. The van der Waals surface area contributed by atoms with Gasteiger partial charge in [0.1, 0.15) is 0 Å². The van der Waals surface area contributed by atoms with Crippen molar-refractivity contribution < 1.29 is 24.2 Å². The van der Waals surface area contributed by atoms with Gasteiger partial charge >= 0.3 is 5.97 Å². The van der Waals surface area contributed by atoms with E-state index in [0.29, 0.717) is 35.7 Å². The lowest BCUT2D eigenvalue weighted by Gasteiger charge is -2.37. The van der Waals surface area contributed by atoms with Gasteiger partial charge in [-0.25, -0.2) is 0 Å². The summed E-state index contributed by atoms with van der Waals surface area (Å²) in [4.78, 5) is 31.5. The number of aliphatic carboxylic acids is 1. The summed E-state index contributed by atoms with van der Waals surface area (Å²) in [6.45, 7) is 2.21. The molecule has 0 saturated carbocycles. The van der Waals surface area contributed by atoms with E-state index in [0.717, 1.165) is 22.0 Å². The number of nitrogens with zero attached hydrogens (tertiary/aromatic N) is 2. The molecule has 2 aromatic carbocycles. The fourth-order valence-corrected chi connectivity index (χ4v) is 4.24. The second-order valence-electron chi connectivity index (χ2n) is 7.58. The number of aryl methyl sites for hydroxylation is 1. The van der Waals surface area contributed by atoms with Crippen molar-refractivity contribution in [3.05, 3.63) is 64.8 Å². The number of aromatic nitrogens is 1. The molecule has 0 radical (unpaired) electrons. The number of carbonyl (C=O) groups excluding carboxylic acids is 1. The van der Waals surface area contributed by atoms with E-state index in [1.807, 2.05) is 36.4 Å². The Balaban J connectivity index is 1.78. The van der Waals surface area contributed by atoms with Crippen molar-refractivity contribution in [3.8, 4) is 11.5 Å². The van der Waals surface area contributed by atoms with Crippen LogP contribution in [0.25, 0.3) is 10.9 Å². The predicted octanol–water partition coefficient (Wildman–Crippen LogP) is 3.77. The zero-order valence-electron chi connectivity index (χ0n) is 17.7. The van der Waals surface area contributed by atoms with Crippen LogP contribution in [-0.2, 0) is 11.2 Å². The summed E-state index contributed by atoms with van der Waals surface area (Å²) in [6.07, 6.45) is 0.395. The fourth-order valence-electron chi connectivity index (χ4n) is 4.24. The zero-order chi connectivity index (χ0) is 22.1. The molecule has 160 valence electrons. The minimum Gasteiger partial charge on any atom is -0.493 e. The molecule has 3 aromatic rings. The molecule has 1 atom stereocenters. The molecule has 2 heterocycles. The zero-order valence-corrected chi connectivity index (χ0v) is 17.7. The van der Waals surface area contributed by atoms with E-state index < -0.39 is 12.0 Å². The molecule has 0 aliphatic carbocycles. The maximum atomic E-state index is 13.6. The maximum absolute atomic E-state index is 13.6. The van der Waals surface area contributed by atoms with Gasteiger partial charge in [-0.1, -0.05) is 18.2 Å². The average Bonchev–Trinajstić information content (AvgIpc) is 2.77.